The van der Waals surface area contributed by atoms with Crippen molar-refractivity contribution < 1.29 is 9.59 Å². The van der Waals surface area contributed by atoms with Crippen LogP contribution in [0.25, 0.3) is 5.69 Å². The van der Waals surface area contributed by atoms with Gasteiger partial charge in [0.1, 0.15) is 5.01 Å². The molecule has 4 heterocycles. The number of rotatable bonds is 11. The van der Waals surface area contributed by atoms with Gasteiger partial charge in [-0.1, -0.05) is 55.8 Å². The molecule has 5 aromatic rings. The predicted octanol–water partition coefficient (Wildman–Crippen LogP) is 7.64. The van der Waals surface area contributed by atoms with Crippen LogP contribution in [0.2, 0.25) is 0 Å². The molecule has 2 amide bonds. The van der Waals surface area contributed by atoms with Crippen LogP contribution in [0, 0.1) is 13.8 Å². The molecular formula is C39H46N6O2S. The number of aromatic nitrogens is 3. The highest BCUT2D eigenvalue weighted by Gasteiger charge is 2.33. The van der Waals surface area contributed by atoms with Gasteiger partial charge in [-0.2, -0.15) is 0 Å². The molecule has 0 aliphatic carbocycles. The van der Waals surface area contributed by atoms with Gasteiger partial charge in [0.15, 0.2) is 0 Å². The van der Waals surface area contributed by atoms with Crippen molar-refractivity contribution in [3.05, 3.63) is 135 Å². The Hall–Kier alpha value is -4.60. The fraction of sp³-hybridized carbons (Fsp3) is 0.333. The standard InChI is InChI=1S/C32H38N6O2S.C7H8/c1-22(2)27-14-24(19-34-20-27)18-33-9-7-10-35-30(39)25-15-26(17-28(16-25)37-11-4-5-12-37)32(40)38-13-6-8-29(38)31-36-23(3)21-41-31;1-7-5-3-2-4-6-7/h4-5,11-12,14-17,19-22,29,33H,6-10,13,18H2,1-3H3,(H,35,39);2-6H,1H3. The predicted molar refractivity (Wildman–Crippen MR) is 194 cm³/mol. The first-order chi connectivity index (χ1) is 23.3. The lowest BCUT2D eigenvalue weighted by atomic mass is 10.0. The molecule has 9 heteroatoms. The first-order valence-electron chi connectivity index (χ1n) is 16.7. The van der Waals surface area contributed by atoms with Crippen molar-refractivity contribution in [2.75, 3.05) is 19.6 Å². The number of carbonyl (C=O) groups is 2. The van der Waals surface area contributed by atoms with E-state index in [9.17, 15) is 9.59 Å². The van der Waals surface area contributed by atoms with Crippen LogP contribution in [0.5, 0.6) is 0 Å². The van der Waals surface area contributed by atoms with Gasteiger partial charge in [-0.15, -0.1) is 11.3 Å². The number of likely N-dealkylation sites (tertiary alicyclic amines) is 1. The minimum absolute atomic E-state index is 0.0233. The molecule has 3 aromatic heterocycles. The lowest BCUT2D eigenvalue weighted by Crippen LogP contribution is -2.31. The maximum absolute atomic E-state index is 13.8. The van der Waals surface area contributed by atoms with Gasteiger partial charge in [0.2, 0.25) is 0 Å². The number of nitrogens with one attached hydrogen (secondary N) is 2. The van der Waals surface area contributed by atoms with Crippen LogP contribution in [0.3, 0.4) is 0 Å². The topological polar surface area (TPSA) is 92.2 Å². The van der Waals surface area contributed by atoms with Crippen LogP contribution in [0.1, 0.15) is 93.2 Å². The van der Waals surface area contributed by atoms with E-state index in [4.69, 9.17) is 0 Å². The van der Waals surface area contributed by atoms with E-state index in [0.717, 1.165) is 54.3 Å². The first-order valence-corrected chi connectivity index (χ1v) is 17.6. The second-order valence-corrected chi connectivity index (χ2v) is 13.5. The first kappa shape index (κ1) is 34.7. The number of hydrogen-bond donors (Lipinski definition) is 2. The Morgan fingerprint density at radius 1 is 0.958 bits per heavy atom. The Kier molecular flexibility index (Phi) is 12.3. The molecule has 48 heavy (non-hydrogen) atoms. The third kappa shape index (κ3) is 9.49. The highest BCUT2D eigenvalue weighted by Crippen LogP contribution is 2.35. The SMILES string of the molecule is Cc1ccccc1.Cc1csc(C2CCCN2C(=O)c2cc(C(=O)NCCCNCc3cncc(C(C)C)c3)cc(-n3cccc3)c2)n1. The van der Waals surface area contributed by atoms with Gasteiger partial charge in [0, 0.05) is 72.3 Å². The highest BCUT2D eigenvalue weighted by molar-refractivity contribution is 7.09. The van der Waals surface area contributed by atoms with Gasteiger partial charge >= 0.3 is 0 Å². The van der Waals surface area contributed by atoms with E-state index in [1.165, 1.54) is 11.1 Å². The van der Waals surface area contributed by atoms with Crippen molar-refractivity contribution >= 4 is 23.2 Å². The van der Waals surface area contributed by atoms with Crippen molar-refractivity contribution in [1.82, 2.24) is 30.1 Å². The third-order valence-electron chi connectivity index (χ3n) is 8.33. The fourth-order valence-electron chi connectivity index (χ4n) is 5.68. The number of carbonyl (C=O) groups excluding carboxylic acids is 2. The van der Waals surface area contributed by atoms with Gasteiger partial charge in [-0.3, -0.25) is 14.6 Å². The smallest absolute Gasteiger partial charge is 0.254 e. The molecule has 1 saturated heterocycles. The van der Waals surface area contributed by atoms with Gasteiger partial charge in [0.05, 0.1) is 6.04 Å². The fourth-order valence-corrected chi connectivity index (χ4v) is 6.63. The average molecular weight is 663 g/mol. The molecule has 2 aromatic carbocycles. The summed E-state index contributed by atoms with van der Waals surface area (Å²) in [6.45, 7) is 11.1. The van der Waals surface area contributed by atoms with Crippen molar-refractivity contribution in [1.29, 1.82) is 0 Å². The summed E-state index contributed by atoms with van der Waals surface area (Å²) in [5.41, 5.74) is 6.46. The zero-order chi connectivity index (χ0) is 33.9. The molecule has 0 spiro atoms. The van der Waals surface area contributed by atoms with Gasteiger partial charge in [0.25, 0.3) is 11.8 Å². The van der Waals surface area contributed by atoms with E-state index >= 15 is 0 Å². The minimum atomic E-state index is -0.185. The van der Waals surface area contributed by atoms with E-state index in [-0.39, 0.29) is 17.9 Å². The molecule has 1 atom stereocenters. The number of pyridine rings is 1. The monoisotopic (exact) mass is 662 g/mol. The molecule has 0 radical (unpaired) electrons. The van der Waals surface area contributed by atoms with Crippen molar-refractivity contribution in [3.63, 3.8) is 0 Å². The summed E-state index contributed by atoms with van der Waals surface area (Å²) in [5, 5.41) is 9.48. The second kappa shape index (κ2) is 17.0. The zero-order valence-corrected chi connectivity index (χ0v) is 29.2. The lowest BCUT2D eigenvalue weighted by molar-refractivity contribution is 0.0735. The molecule has 6 rings (SSSR count). The summed E-state index contributed by atoms with van der Waals surface area (Å²) in [7, 11) is 0. The quantitative estimate of drug-likeness (QED) is 0.142. The van der Waals surface area contributed by atoms with Gasteiger partial charge in [-0.25, -0.2) is 4.98 Å². The second-order valence-electron chi connectivity index (χ2n) is 12.6. The lowest BCUT2D eigenvalue weighted by Gasteiger charge is -2.24. The average Bonchev–Trinajstić information content (AvgIpc) is 3.89. The zero-order valence-electron chi connectivity index (χ0n) is 28.4. The molecule has 1 aliphatic rings. The Labute approximate surface area is 288 Å². The van der Waals surface area contributed by atoms with Gasteiger partial charge in [-0.05, 0) is 87.0 Å². The van der Waals surface area contributed by atoms with Crippen LogP contribution >= 0.6 is 11.3 Å². The van der Waals surface area contributed by atoms with E-state index in [0.29, 0.717) is 30.1 Å². The van der Waals surface area contributed by atoms with Gasteiger partial charge < -0.3 is 20.1 Å². The Morgan fingerprint density at radius 2 is 1.73 bits per heavy atom. The largest absolute Gasteiger partial charge is 0.352 e. The Bertz CT molecular complexity index is 1770. The Morgan fingerprint density at radius 3 is 2.42 bits per heavy atom. The number of benzene rings is 2. The Balaban J connectivity index is 0.000000572. The number of hydrogen-bond acceptors (Lipinski definition) is 6. The van der Waals surface area contributed by atoms with Crippen LogP contribution < -0.4 is 10.6 Å². The summed E-state index contributed by atoms with van der Waals surface area (Å²) in [4.78, 5) is 37.9. The summed E-state index contributed by atoms with van der Waals surface area (Å²) >= 11 is 1.61. The molecule has 8 nitrogen and oxygen atoms in total. The van der Waals surface area contributed by atoms with Crippen LogP contribution in [0.4, 0.5) is 0 Å². The van der Waals surface area contributed by atoms with E-state index in [2.05, 4.69) is 59.6 Å². The summed E-state index contributed by atoms with van der Waals surface area (Å²) in [6, 6.07) is 21.7. The maximum Gasteiger partial charge on any atom is 0.254 e. The summed E-state index contributed by atoms with van der Waals surface area (Å²) in [6.07, 6.45) is 10.3. The highest BCUT2D eigenvalue weighted by atomic mass is 32.1. The molecule has 2 N–H and O–H groups in total. The number of aryl methyl sites for hydroxylation is 2. The van der Waals surface area contributed by atoms with Crippen molar-refractivity contribution in [2.24, 2.45) is 0 Å². The molecule has 0 bridgehead atoms. The number of amides is 2. The number of nitrogens with zero attached hydrogens (tertiary/aromatic N) is 4. The summed E-state index contributed by atoms with van der Waals surface area (Å²) < 4.78 is 1.92. The molecule has 1 fully saturated rings. The maximum atomic E-state index is 13.8. The van der Waals surface area contributed by atoms with E-state index in [1.807, 2.05) is 89.0 Å². The van der Waals surface area contributed by atoms with E-state index in [1.54, 1.807) is 17.4 Å². The number of thiazole rings is 1. The van der Waals surface area contributed by atoms with Crippen LogP contribution in [-0.2, 0) is 6.54 Å². The van der Waals surface area contributed by atoms with E-state index < -0.39 is 0 Å². The molecular weight excluding hydrogens is 617 g/mol. The van der Waals surface area contributed by atoms with Crippen molar-refractivity contribution in [3.8, 4) is 5.69 Å². The normalized spacial score (nSPS) is 14.1. The van der Waals surface area contributed by atoms with Crippen molar-refractivity contribution in [2.45, 2.75) is 65.5 Å². The molecule has 250 valence electrons. The van der Waals surface area contributed by atoms with Crippen LogP contribution in [-0.4, -0.2) is 50.9 Å². The molecule has 1 unspecified atom stereocenters. The summed E-state index contributed by atoms with van der Waals surface area (Å²) in [5.74, 6) is 0.197. The molecule has 0 saturated carbocycles. The molecule has 1 aliphatic heterocycles. The van der Waals surface area contributed by atoms with Crippen LogP contribution in [0.15, 0.2) is 96.9 Å². The third-order valence-corrected chi connectivity index (χ3v) is 9.40. The minimum Gasteiger partial charge on any atom is -0.352 e.